The number of benzene rings is 3. The summed E-state index contributed by atoms with van der Waals surface area (Å²) in [5.74, 6) is -0.122. The molecule has 0 N–H and O–H groups in total. The molecule has 1 atom stereocenters. The summed E-state index contributed by atoms with van der Waals surface area (Å²) in [6, 6.07) is 29.4. The Kier molecular flexibility index (Phi) is 4.76. The summed E-state index contributed by atoms with van der Waals surface area (Å²) in [7, 11) is 0. The van der Waals surface area contributed by atoms with Crippen LogP contribution in [0.2, 0.25) is 0 Å². The van der Waals surface area contributed by atoms with Gasteiger partial charge in [-0.25, -0.2) is 5.32 Å². The first-order valence-corrected chi connectivity index (χ1v) is 8.09. The highest BCUT2D eigenvalue weighted by molar-refractivity contribution is 5.91. The average molecular weight is 314 g/mol. The van der Waals surface area contributed by atoms with Crippen molar-refractivity contribution >= 4 is 11.6 Å². The van der Waals surface area contributed by atoms with E-state index in [1.807, 2.05) is 85.8 Å². The van der Waals surface area contributed by atoms with Crippen molar-refractivity contribution in [1.82, 2.24) is 5.32 Å². The zero-order valence-corrected chi connectivity index (χ0v) is 13.7. The molecule has 24 heavy (non-hydrogen) atoms. The monoisotopic (exact) mass is 314 g/mol. The lowest BCUT2D eigenvalue weighted by molar-refractivity contribution is -0.125. The topological polar surface area (TPSA) is 31.2 Å². The Bertz CT molecular complexity index is 784. The van der Waals surface area contributed by atoms with E-state index in [2.05, 4.69) is 17.4 Å². The predicted octanol–water partition coefficient (Wildman–Crippen LogP) is 4.65. The molecule has 0 saturated heterocycles. The number of hydrogen-bond donors (Lipinski definition) is 0. The summed E-state index contributed by atoms with van der Waals surface area (Å²) in [4.78, 5) is 13.1. The van der Waals surface area contributed by atoms with Gasteiger partial charge in [0.05, 0.1) is 11.1 Å². The number of rotatable bonds is 5. The maximum Gasteiger partial charge on any atom is 0.256 e. The molecule has 3 aromatic carbocycles. The third-order valence-electron chi connectivity index (χ3n) is 4.27. The van der Waals surface area contributed by atoms with E-state index < -0.39 is 5.41 Å². The lowest BCUT2D eigenvalue weighted by Gasteiger charge is -2.28. The van der Waals surface area contributed by atoms with Gasteiger partial charge in [0, 0.05) is 0 Å². The summed E-state index contributed by atoms with van der Waals surface area (Å²) in [6.07, 6.45) is 0.618. The lowest BCUT2D eigenvalue weighted by Crippen LogP contribution is -2.39. The largest absolute Gasteiger partial charge is 0.272 e. The Morgan fingerprint density at radius 3 is 1.88 bits per heavy atom. The zero-order chi connectivity index (χ0) is 16.8. The van der Waals surface area contributed by atoms with Crippen LogP contribution in [0.3, 0.4) is 0 Å². The van der Waals surface area contributed by atoms with Crippen LogP contribution in [0.5, 0.6) is 0 Å². The second-order valence-corrected chi connectivity index (χ2v) is 6.11. The van der Waals surface area contributed by atoms with Crippen LogP contribution in [0, 0.1) is 0 Å². The minimum absolute atomic E-state index is 0.122. The van der Waals surface area contributed by atoms with Gasteiger partial charge in [-0.2, -0.15) is 0 Å². The van der Waals surface area contributed by atoms with E-state index >= 15 is 0 Å². The van der Waals surface area contributed by atoms with Crippen molar-refractivity contribution < 1.29 is 4.79 Å². The Labute approximate surface area is 143 Å². The lowest BCUT2D eigenvalue weighted by atomic mass is 9.76. The van der Waals surface area contributed by atoms with Crippen molar-refractivity contribution in [3.05, 3.63) is 102 Å². The first-order chi connectivity index (χ1) is 11.7. The van der Waals surface area contributed by atoms with Crippen LogP contribution in [0.15, 0.2) is 91.0 Å². The van der Waals surface area contributed by atoms with Gasteiger partial charge in [0.15, 0.2) is 0 Å². The second-order valence-electron chi connectivity index (χ2n) is 6.11. The fraction of sp³-hybridized carbons (Fsp3) is 0.136. The molecule has 119 valence electrons. The van der Waals surface area contributed by atoms with E-state index in [9.17, 15) is 4.79 Å². The van der Waals surface area contributed by atoms with E-state index in [0.29, 0.717) is 12.1 Å². The van der Waals surface area contributed by atoms with Crippen molar-refractivity contribution in [3.63, 3.8) is 0 Å². The number of nitrogens with zero attached hydrogens (tertiary/aromatic N) is 1. The molecule has 2 nitrogen and oxygen atoms in total. The first kappa shape index (κ1) is 16.0. The number of hydrogen-bond acceptors (Lipinski definition) is 1. The fourth-order valence-corrected chi connectivity index (χ4v) is 2.85. The van der Waals surface area contributed by atoms with Crippen molar-refractivity contribution in [2.45, 2.75) is 18.8 Å². The molecule has 0 spiro atoms. The van der Waals surface area contributed by atoms with Gasteiger partial charge in [0.1, 0.15) is 0 Å². The number of para-hydroxylation sites is 1. The maximum absolute atomic E-state index is 13.1. The summed E-state index contributed by atoms with van der Waals surface area (Å²) < 4.78 is 0. The van der Waals surface area contributed by atoms with Gasteiger partial charge in [0.2, 0.25) is 0 Å². The molecule has 3 rings (SSSR count). The second kappa shape index (κ2) is 7.14. The zero-order valence-electron chi connectivity index (χ0n) is 13.7. The summed E-state index contributed by atoms with van der Waals surface area (Å²) in [6.45, 7) is 1.98. The van der Waals surface area contributed by atoms with Crippen LogP contribution in [0.25, 0.3) is 0 Å². The summed E-state index contributed by atoms with van der Waals surface area (Å²) >= 11 is 0. The van der Waals surface area contributed by atoms with Gasteiger partial charge in [-0.1, -0.05) is 78.9 Å². The molecule has 0 unspecified atom stereocenters. The van der Waals surface area contributed by atoms with Crippen LogP contribution in [0.4, 0.5) is 5.69 Å². The summed E-state index contributed by atoms with van der Waals surface area (Å²) in [5, 5.41) is 4.36. The molecule has 0 bridgehead atoms. The van der Waals surface area contributed by atoms with Crippen molar-refractivity contribution in [2.75, 3.05) is 0 Å². The Hall–Kier alpha value is -2.87. The average Bonchev–Trinajstić information content (AvgIpc) is 2.64. The van der Waals surface area contributed by atoms with E-state index in [4.69, 9.17) is 0 Å². The fourth-order valence-electron chi connectivity index (χ4n) is 2.85. The minimum Gasteiger partial charge on any atom is -0.272 e. The minimum atomic E-state index is -0.696. The van der Waals surface area contributed by atoms with E-state index in [0.717, 1.165) is 11.1 Å². The highest BCUT2D eigenvalue weighted by Gasteiger charge is 2.36. The smallest absolute Gasteiger partial charge is 0.256 e. The van der Waals surface area contributed by atoms with Crippen molar-refractivity contribution in [1.29, 1.82) is 0 Å². The van der Waals surface area contributed by atoms with Gasteiger partial charge in [-0.05, 0) is 36.6 Å². The van der Waals surface area contributed by atoms with E-state index in [-0.39, 0.29) is 5.91 Å². The van der Waals surface area contributed by atoms with Gasteiger partial charge in [0.25, 0.3) is 5.91 Å². The Morgan fingerprint density at radius 1 is 0.792 bits per heavy atom. The molecule has 2 heteroatoms. The Balaban J connectivity index is 1.94. The highest BCUT2D eigenvalue weighted by Crippen LogP contribution is 2.30. The van der Waals surface area contributed by atoms with Crippen molar-refractivity contribution in [3.8, 4) is 0 Å². The number of carbonyl (C=O) groups excluding carboxylic acids is 1. The molecule has 0 aromatic heterocycles. The Morgan fingerprint density at radius 2 is 1.29 bits per heavy atom. The maximum atomic E-state index is 13.1. The summed E-state index contributed by atoms with van der Waals surface area (Å²) in [5.41, 5.74) is 2.11. The standard InChI is InChI=1S/C22H20NO/c1-22(19-13-7-3-8-14-19,17-18-11-5-2-6-12-18)21(24)23-20-15-9-4-10-16-20/h2-16H,17H2,1H3/t22-/m0/s1. The third-order valence-corrected chi connectivity index (χ3v) is 4.27. The van der Waals surface area contributed by atoms with Crippen molar-refractivity contribution in [2.24, 2.45) is 0 Å². The SMILES string of the molecule is C[C@@](Cc1ccccc1)(C(=O)[N]c1ccccc1)c1ccccc1. The molecular weight excluding hydrogens is 294 g/mol. The number of amides is 1. The van der Waals surface area contributed by atoms with Gasteiger partial charge in [-0.3, -0.25) is 4.79 Å². The van der Waals surface area contributed by atoms with E-state index in [1.165, 1.54) is 0 Å². The van der Waals surface area contributed by atoms with Crippen LogP contribution in [0.1, 0.15) is 18.1 Å². The molecule has 1 radical (unpaired) electrons. The molecule has 0 saturated carbocycles. The van der Waals surface area contributed by atoms with Gasteiger partial charge >= 0.3 is 0 Å². The van der Waals surface area contributed by atoms with E-state index in [1.54, 1.807) is 0 Å². The molecule has 3 aromatic rings. The molecule has 0 aliphatic carbocycles. The quantitative estimate of drug-likeness (QED) is 0.674. The molecule has 0 aliphatic heterocycles. The van der Waals surface area contributed by atoms with Gasteiger partial charge < -0.3 is 0 Å². The third kappa shape index (κ3) is 3.54. The normalized spacial score (nSPS) is 13.0. The predicted molar refractivity (Wildman–Crippen MR) is 97.2 cm³/mol. The van der Waals surface area contributed by atoms with Crippen LogP contribution in [-0.2, 0) is 16.6 Å². The molecular formula is C22H20NO. The number of carbonyl (C=O) groups is 1. The molecule has 0 aliphatic rings. The highest BCUT2D eigenvalue weighted by atomic mass is 16.2. The molecule has 0 heterocycles. The van der Waals surface area contributed by atoms with Gasteiger partial charge in [-0.15, -0.1) is 0 Å². The van der Waals surface area contributed by atoms with Crippen LogP contribution < -0.4 is 5.32 Å². The van der Waals surface area contributed by atoms with Crippen LogP contribution >= 0.6 is 0 Å². The first-order valence-electron chi connectivity index (χ1n) is 8.09. The van der Waals surface area contributed by atoms with Crippen LogP contribution in [-0.4, -0.2) is 5.91 Å². The molecule has 0 fully saturated rings. The molecule has 1 amide bonds.